The molecule has 14 nitrogen and oxygen atoms in total. The van der Waals surface area contributed by atoms with Gasteiger partial charge in [-0.05, 0) is 166 Å². The summed E-state index contributed by atoms with van der Waals surface area (Å²) in [7, 11) is 0. The van der Waals surface area contributed by atoms with Crippen LogP contribution in [0.1, 0.15) is 127 Å². The molecule has 0 aliphatic rings. The highest BCUT2D eigenvalue weighted by atomic mass is 32.1. The molecule has 0 spiro atoms. The first-order valence-corrected chi connectivity index (χ1v) is 28.7. The lowest BCUT2D eigenvalue weighted by molar-refractivity contribution is -0.137. The Kier molecular flexibility index (Phi) is 22.1. The number of carbonyl (C=O) groups excluding carboxylic acids is 3. The van der Waals surface area contributed by atoms with Crippen molar-refractivity contribution in [2.75, 3.05) is 30.7 Å². The fourth-order valence-corrected chi connectivity index (χ4v) is 10.1. The molecule has 0 aliphatic heterocycles. The SMILES string of the molecule is C=CC(=O)OCCCCCCOc1ccc(C(=O)Oc2ccc(CCCCCCCCc3ccc(OC(=O)c4ccc(OCCCC)cc4)c(/C=N/Nc4nc5ccccc5s4)c3)cc2/C=N/Nc2nc3ccccc3s2)cc1. The number of aromatic nitrogens is 2. The van der Waals surface area contributed by atoms with Gasteiger partial charge >= 0.3 is 17.9 Å². The first kappa shape index (κ1) is 57.0. The largest absolute Gasteiger partial charge is 0.494 e. The number of ether oxygens (including phenoxy) is 5. The van der Waals surface area contributed by atoms with Crippen LogP contribution in [0.5, 0.6) is 23.0 Å². The van der Waals surface area contributed by atoms with Gasteiger partial charge in [-0.25, -0.2) is 24.4 Å². The molecular formula is C63H66N6O8S2. The summed E-state index contributed by atoms with van der Waals surface area (Å²) < 4.78 is 30.7. The van der Waals surface area contributed by atoms with Crippen LogP contribution in [0.3, 0.4) is 0 Å². The smallest absolute Gasteiger partial charge is 0.343 e. The summed E-state index contributed by atoms with van der Waals surface area (Å²) in [4.78, 5) is 47.2. The molecular weight excluding hydrogens is 1030 g/mol. The van der Waals surface area contributed by atoms with Crippen LogP contribution in [-0.4, -0.2) is 60.1 Å². The molecule has 0 aliphatic carbocycles. The number of fused-ring (bicyclic) bond motifs is 2. The van der Waals surface area contributed by atoms with Crippen molar-refractivity contribution in [2.45, 2.75) is 96.8 Å². The molecule has 2 N–H and O–H groups in total. The molecule has 408 valence electrons. The van der Waals surface area contributed by atoms with Gasteiger partial charge in [0.05, 0.1) is 63.8 Å². The zero-order valence-electron chi connectivity index (χ0n) is 44.5. The van der Waals surface area contributed by atoms with E-state index in [1.165, 1.54) is 28.7 Å². The van der Waals surface area contributed by atoms with Crippen molar-refractivity contribution < 1.29 is 38.1 Å². The standard InChI is InChI=1S/C63H66N6O8S2/c1-3-5-38-73-51-32-28-47(29-33-51)60(71)76-55-36-26-45(41-49(55)43-64-68-62-66-53-22-14-16-24-57(53)78-62)20-12-8-6-7-9-13-21-46-27-37-56(50(42-46)44-65-69-63-67-54-23-15-17-25-58(54)79-63)77-61(72)48-30-34-52(35-31-48)74-39-18-10-11-19-40-75-59(70)4-2/h4,14-17,22-37,41-44H,2-3,5-13,18-21,38-40H2,1H3,(H,66,68)(H,67,69)/b64-43+,65-44+. The summed E-state index contributed by atoms with van der Waals surface area (Å²) in [5, 5.41) is 10.3. The van der Waals surface area contributed by atoms with Crippen molar-refractivity contribution in [3.63, 3.8) is 0 Å². The second-order valence-electron chi connectivity index (χ2n) is 18.7. The van der Waals surface area contributed by atoms with Crippen molar-refractivity contribution in [2.24, 2.45) is 10.2 Å². The van der Waals surface area contributed by atoms with Crippen molar-refractivity contribution in [3.05, 3.63) is 179 Å². The normalized spacial score (nSPS) is 11.3. The number of thiazole rings is 2. The number of benzene rings is 6. The number of unbranched alkanes of at least 4 members (excludes halogenated alkanes) is 9. The molecule has 0 unspecified atom stereocenters. The van der Waals surface area contributed by atoms with E-state index in [0.717, 1.165) is 127 Å². The van der Waals surface area contributed by atoms with Crippen LogP contribution in [0.25, 0.3) is 20.4 Å². The fourth-order valence-electron chi connectivity index (χ4n) is 8.42. The molecule has 0 saturated carbocycles. The van der Waals surface area contributed by atoms with Crippen LogP contribution in [0.4, 0.5) is 10.3 Å². The monoisotopic (exact) mass is 1100 g/mol. The lowest BCUT2D eigenvalue weighted by atomic mass is 10.0. The molecule has 0 fully saturated rings. The Labute approximate surface area is 469 Å². The summed E-state index contributed by atoms with van der Waals surface area (Å²) in [6.45, 7) is 7.07. The van der Waals surface area contributed by atoms with E-state index in [4.69, 9.17) is 23.7 Å². The number of nitrogens with zero attached hydrogens (tertiary/aromatic N) is 4. The second kappa shape index (κ2) is 30.7. The molecule has 16 heteroatoms. The zero-order valence-corrected chi connectivity index (χ0v) is 46.2. The van der Waals surface area contributed by atoms with E-state index >= 15 is 0 Å². The third-order valence-corrected chi connectivity index (χ3v) is 14.6. The zero-order chi connectivity index (χ0) is 54.9. The van der Waals surface area contributed by atoms with E-state index in [1.807, 2.05) is 84.9 Å². The minimum absolute atomic E-state index is 0.384. The first-order valence-electron chi connectivity index (χ1n) is 27.0. The van der Waals surface area contributed by atoms with E-state index in [2.05, 4.69) is 44.5 Å². The summed E-state index contributed by atoms with van der Waals surface area (Å²) in [6, 6.07) is 41.6. The number of anilines is 2. The molecule has 0 radical (unpaired) electrons. The average Bonchev–Trinajstić information content (AvgIpc) is 4.10. The molecule has 6 aromatic carbocycles. The fraction of sp³-hybridized carbons (Fsp3) is 0.286. The third kappa shape index (κ3) is 18.2. The summed E-state index contributed by atoms with van der Waals surface area (Å²) in [6.07, 6.45) is 18.1. The van der Waals surface area contributed by atoms with Gasteiger partial charge in [-0.1, -0.05) is 105 Å². The number of esters is 3. The number of hydrogen-bond acceptors (Lipinski definition) is 16. The van der Waals surface area contributed by atoms with Crippen molar-refractivity contribution in [1.29, 1.82) is 0 Å². The minimum Gasteiger partial charge on any atom is -0.494 e. The highest BCUT2D eigenvalue weighted by Gasteiger charge is 2.15. The van der Waals surface area contributed by atoms with Crippen molar-refractivity contribution in [1.82, 2.24) is 9.97 Å². The quantitative estimate of drug-likeness (QED) is 0.0102. The number of nitrogens with one attached hydrogen (secondary N) is 2. The molecule has 2 aromatic heterocycles. The van der Waals surface area contributed by atoms with Crippen LogP contribution < -0.4 is 29.8 Å². The van der Waals surface area contributed by atoms with Gasteiger partial charge in [0.25, 0.3) is 0 Å². The maximum atomic E-state index is 13.5. The number of hydrogen-bond donors (Lipinski definition) is 2. The average molecular weight is 1100 g/mol. The Bertz CT molecular complexity index is 3250. The summed E-state index contributed by atoms with van der Waals surface area (Å²) >= 11 is 3.03. The number of para-hydroxylation sites is 2. The van der Waals surface area contributed by atoms with Crippen molar-refractivity contribution in [3.8, 4) is 23.0 Å². The lowest BCUT2D eigenvalue weighted by Crippen LogP contribution is -2.10. The maximum absolute atomic E-state index is 13.5. The van der Waals surface area contributed by atoms with E-state index in [9.17, 15) is 14.4 Å². The Morgan fingerprint density at radius 2 is 0.975 bits per heavy atom. The van der Waals surface area contributed by atoms with Crippen LogP contribution in [0.2, 0.25) is 0 Å². The Morgan fingerprint density at radius 1 is 0.532 bits per heavy atom. The topological polar surface area (TPSA) is 172 Å². The lowest BCUT2D eigenvalue weighted by Gasteiger charge is -2.11. The molecule has 79 heavy (non-hydrogen) atoms. The predicted octanol–water partition coefficient (Wildman–Crippen LogP) is 15.2. The second-order valence-corrected chi connectivity index (χ2v) is 20.8. The van der Waals surface area contributed by atoms with E-state index in [0.29, 0.717) is 69.6 Å². The van der Waals surface area contributed by atoms with Gasteiger partial charge in [-0.3, -0.25) is 10.9 Å². The number of hydrazone groups is 2. The summed E-state index contributed by atoms with van der Waals surface area (Å²) in [5.74, 6) is 0.842. The van der Waals surface area contributed by atoms with Crippen LogP contribution in [0.15, 0.2) is 156 Å². The molecule has 8 aromatic rings. The molecule has 0 saturated heterocycles. The third-order valence-electron chi connectivity index (χ3n) is 12.7. The van der Waals surface area contributed by atoms with E-state index < -0.39 is 17.9 Å². The van der Waals surface area contributed by atoms with Gasteiger partial charge < -0.3 is 23.7 Å². The molecule has 0 bridgehead atoms. The van der Waals surface area contributed by atoms with Crippen molar-refractivity contribution >= 4 is 83.7 Å². The molecule has 2 heterocycles. The van der Waals surface area contributed by atoms with Gasteiger partial charge in [0.2, 0.25) is 10.3 Å². The first-order chi connectivity index (χ1) is 38.8. The maximum Gasteiger partial charge on any atom is 0.343 e. The van der Waals surface area contributed by atoms with Crippen LogP contribution in [0, 0.1) is 0 Å². The van der Waals surface area contributed by atoms with Gasteiger partial charge in [0, 0.05) is 17.2 Å². The molecule has 0 atom stereocenters. The Balaban J connectivity index is 0.817. The van der Waals surface area contributed by atoms with Gasteiger partial charge in [0.1, 0.15) is 23.0 Å². The van der Waals surface area contributed by atoms with E-state index in [-0.39, 0.29) is 0 Å². The highest BCUT2D eigenvalue weighted by molar-refractivity contribution is 7.22. The number of aryl methyl sites for hydroxylation is 2. The van der Waals surface area contributed by atoms with E-state index in [1.54, 1.807) is 61.0 Å². The number of carbonyl (C=O) groups is 3. The molecule has 8 rings (SSSR count). The highest BCUT2D eigenvalue weighted by Crippen LogP contribution is 2.29. The predicted molar refractivity (Wildman–Crippen MR) is 318 cm³/mol. The van der Waals surface area contributed by atoms with Gasteiger partial charge in [0.15, 0.2) is 0 Å². The van der Waals surface area contributed by atoms with Crippen LogP contribution in [-0.2, 0) is 22.4 Å². The van der Waals surface area contributed by atoms with Gasteiger partial charge in [-0.15, -0.1) is 0 Å². The Morgan fingerprint density at radius 3 is 1.44 bits per heavy atom. The molecule has 0 amide bonds. The van der Waals surface area contributed by atoms with Gasteiger partial charge in [-0.2, -0.15) is 10.2 Å². The Hall–Kier alpha value is -8.21. The summed E-state index contributed by atoms with van der Waals surface area (Å²) in [5.41, 5.74) is 12.3. The van der Waals surface area contributed by atoms with Crippen LogP contribution >= 0.6 is 22.7 Å². The minimum atomic E-state index is -0.488. The number of rotatable bonds is 32.